The first-order valence-corrected chi connectivity index (χ1v) is 11.9. The molecule has 3 fully saturated rings. The summed E-state index contributed by atoms with van der Waals surface area (Å²) in [6, 6.07) is 16.2. The Kier molecular flexibility index (Phi) is 5.75. The van der Waals surface area contributed by atoms with Crippen molar-refractivity contribution in [3.05, 3.63) is 65.2 Å². The largest absolute Gasteiger partial charge is 0.381 e. The van der Waals surface area contributed by atoms with Gasteiger partial charge in [0.25, 0.3) is 5.91 Å². The smallest absolute Gasteiger partial charge is 0.253 e. The maximum Gasteiger partial charge on any atom is 0.253 e. The summed E-state index contributed by atoms with van der Waals surface area (Å²) in [7, 11) is 0. The van der Waals surface area contributed by atoms with E-state index in [0.717, 1.165) is 17.7 Å². The number of carbonyl (C=O) groups is 2. The molecule has 6 heteroatoms. The van der Waals surface area contributed by atoms with E-state index in [0.29, 0.717) is 45.7 Å². The summed E-state index contributed by atoms with van der Waals surface area (Å²) in [5.74, 6) is 0.132. The number of benzene rings is 2. The normalized spacial score (nSPS) is 25.0. The van der Waals surface area contributed by atoms with E-state index < -0.39 is 11.0 Å². The van der Waals surface area contributed by atoms with Gasteiger partial charge >= 0.3 is 0 Å². The zero-order valence-corrected chi connectivity index (χ0v) is 19.5. The first-order valence-electron chi connectivity index (χ1n) is 11.9. The van der Waals surface area contributed by atoms with E-state index in [-0.39, 0.29) is 18.4 Å². The third kappa shape index (κ3) is 4.06. The lowest BCUT2D eigenvalue weighted by Gasteiger charge is -2.42. The van der Waals surface area contributed by atoms with Crippen molar-refractivity contribution in [3.63, 3.8) is 0 Å². The van der Waals surface area contributed by atoms with Crippen molar-refractivity contribution < 1.29 is 19.1 Å². The molecule has 174 valence electrons. The van der Waals surface area contributed by atoms with Gasteiger partial charge in [0.15, 0.2) is 0 Å². The minimum atomic E-state index is -0.565. The molecule has 2 amide bonds. The first-order chi connectivity index (χ1) is 15.9. The van der Waals surface area contributed by atoms with Gasteiger partial charge in [-0.05, 0) is 50.8 Å². The number of carbonyl (C=O) groups excluding carboxylic acids is 2. The number of aryl methyl sites for hydroxylation is 2. The molecule has 0 radical (unpaired) electrons. The lowest BCUT2D eigenvalue weighted by atomic mass is 9.72. The summed E-state index contributed by atoms with van der Waals surface area (Å²) in [5, 5.41) is 0. The highest BCUT2D eigenvalue weighted by Crippen LogP contribution is 2.40. The molecule has 0 unspecified atom stereocenters. The van der Waals surface area contributed by atoms with E-state index in [1.165, 1.54) is 11.1 Å². The molecule has 3 heterocycles. The predicted molar refractivity (Wildman–Crippen MR) is 126 cm³/mol. The third-order valence-corrected chi connectivity index (χ3v) is 7.45. The highest BCUT2D eigenvalue weighted by molar-refractivity contribution is 5.95. The topological polar surface area (TPSA) is 59.1 Å². The molecule has 0 aromatic heterocycles. The summed E-state index contributed by atoms with van der Waals surface area (Å²) < 4.78 is 11.8. The molecule has 1 atom stereocenters. The van der Waals surface area contributed by atoms with E-state index >= 15 is 0 Å². The predicted octanol–water partition coefficient (Wildman–Crippen LogP) is 3.39. The number of rotatable bonds is 3. The van der Waals surface area contributed by atoms with E-state index in [4.69, 9.17) is 9.47 Å². The lowest BCUT2D eigenvalue weighted by Crippen LogP contribution is -2.57. The van der Waals surface area contributed by atoms with E-state index in [1.54, 1.807) is 0 Å². The van der Waals surface area contributed by atoms with Crippen LogP contribution in [0.15, 0.2) is 48.5 Å². The Hall–Kier alpha value is -2.70. The molecule has 3 aliphatic heterocycles. The second kappa shape index (κ2) is 8.58. The van der Waals surface area contributed by atoms with Gasteiger partial charge in [-0.2, -0.15) is 0 Å². The average molecular weight is 449 g/mol. The van der Waals surface area contributed by atoms with E-state index in [1.807, 2.05) is 40.1 Å². The number of amides is 2. The number of hydrogen-bond acceptors (Lipinski definition) is 4. The number of anilines is 1. The maximum atomic E-state index is 14.1. The van der Waals surface area contributed by atoms with Crippen molar-refractivity contribution in [3.8, 4) is 0 Å². The number of likely N-dealkylation sites (tertiary alicyclic amines) is 1. The molecule has 0 saturated carbocycles. The summed E-state index contributed by atoms with van der Waals surface area (Å²) in [6.07, 6.45) is 2.11. The fourth-order valence-corrected chi connectivity index (χ4v) is 5.72. The van der Waals surface area contributed by atoms with Crippen LogP contribution in [-0.4, -0.2) is 61.8 Å². The molecule has 0 bridgehead atoms. The van der Waals surface area contributed by atoms with Crippen molar-refractivity contribution >= 4 is 17.5 Å². The first kappa shape index (κ1) is 22.1. The van der Waals surface area contributed by atoms with Crippen LogP contribution < -0.4 is 4.90 Å². The molecule has 1 spiro atoms. The zero-order valence-electron chi connectivity index (χ0n) is 19.5. The molecule has 0 N–H and O–H groups in total. The minimum absolute atomic E-state index is 0.0345. The molecule has 3 saturated heterocycles. The van der Waals surface area contributed by atoms with Gasteiger partial charge in [-0.15, -0.1) is 0 Å². The molecule has 33 heavy (non-hydrogen) atoms. The molecular formula is C27H32N2O4. The van der Waals surface area contributed by atoms with Gasteiger partial charge in [-0.3, -0.25) is 9.59 Å². The molecule has 2 aromatic carbocycles. The second-order valence-corrected chi connectivity index (χ2v) is 9.83. The number of morpholine rings is 1. The fourth-order valence-electron chi connectivity index (χ4n) is 5.72. The van der Waals surface area contributed by atoms with Crippen LogP contribution in [0.3, 0.4) is 0 Å². The number of hydrogen-bond donors (Lipinski definition) is 0. The Morgan fingerprint density at radius 2 is 1.64 bits per heavy atom. The summed E-state index contributed by atoms with van der Waals surface area (Å²) in [5.41, 5.74) is 3.24. The van der Waals surface area contributed by atoms with Crippen molar-refractivity contribution in [1.82, 2.24) is 4.90 Å². The van der Waals surface area contributed by atoms with Crippen LogP contribution >= 0.6 is 0 Å². The number of nitrogens with zero attached hydrogens (tertiary/aromatic N) is 2. The van der Waals surface area contributed by atoms with Gasteiger partial charge in [0, 0.05) is 25.4 Å². The van der Waals surface area contributed by atoms with Crippen LogP contribution in [0.5, 0.6) is 0 Å². The molecule has 0 aliphatic carbocycles. The quantitative estimate of drug-likeness (QED) is 0.722. The van der Waals surface area contributed by atoms with Gasteiger partial charge in [0.05, 0.1) is 18.5 Å². The molecule has 6 nitrogen and oxygen atoms in total. The monoisotopic (exact) mass is 448 g/mol. The van der Waals surface area contributed by atoms with Crippen LogP contribution in [0.25, 0.3) is 0 Å². The Bertz CT molecular complexity index is 1030. The van der Waals surface area contributed by atoms with Crippen LogP contribution in [0, 0.1) is 13.8 Å². The Balaban J connectivity index is 1.40. The molecule has 3 aliphatic rings. The Morgan fingerprint density at radius 1 is 0.939 bits per heavy atom. The lowest BCUT2D eigenvalue weighted by molar-refractivity contribution is -0.144. The highest BCUT2D eigenvalue weighted by atomic mass is 16.5. The second-order valence-electron chi connectivity index (χ2n) is 9.83. The van der Waals surface area contributed by atoms with Crippen molar-refractivity contribution in [1.29, 1.82) is 0 Å². The molecule has 2 aromatic rings. The number of para-hydroxylation sites is 1. The standard InChI is InChI=1S/C27H32N2O4/c1-20-14-21(2)16-22(15-20)27(9-12-32-13-10-27)25(31)28-11-8-26(18-28)19-29(24(30)17-33-26)23-6-4-3-5-7-23/h3-7,14-16H,8-13,17-19H2,1-2H3/t26-/m1/s1. The van der Waals surface area contributed by atoms with Crippen LogP contribution in [0.2, 0.25) is 0 Å². The number of ether oxygens (including phenoxy) is 2. The highest BCUT2D eigenvalue weighted by Gasteiger charge is 2.51. The van der Waals surface area contributed by atoms with Crippen LogP contribution in [0.4, 0.5) is 5.69 Å². The van der Waals surface area contributed by atoms with Gasteiger partial charge < -0.3 is 19.3 Å². The fraction of sp³-hybridized carbons (Fsp3) is 0.481. The van der Waals surface area contributed by atoms with E-state index in [2.05, 4.69) is 32.0 Å². The zero-order chi connectivity index (χ0) is 23.1. The van der Waals surface area contributed by atoms with Gasteiger partial charge in [-0.1, -0.05) is 47.5 Å². The van der Waals surface area contributed by atoms with Crippen LogP contribution in [-0.2, 0) is 24.5 Å². The molecule has 5 rings (SSSR count). The summed E-state index contributed by atoms with van der Waals surface area (Å²) in [6.45, 7) is 7.02. The Labute approximate surface area is 195 Å². The maximum absolute atomic E-state index is 14.1. The van der Waals surface area contributed by atoms with Crippen molar-refractivity contribution in [2.75, 3.05) is 44.4 Å². The van der Waals surface area contributed by atoms with Gasteiger partial charge in [0.1, 0.15) is 12.2 Å². The van der Waals surface area contributed by atoms with Gasteiger partial charge in [-0.25, -0.2) is 0 Å². The van der Waals surface area contributed by atoms with Gasteiger partial charge in [0.2, 0.25) is 5.91 Å². The summed E-state index contributed by atoms with van der Waals surface area (Å²) in [4.78, 5) is 30.5. The SMILES string of the molecule is Cc1cc(C)cc(C2(C(=O)N3CC[C@@]4(C3)CN(c3ccccc3)C(=O)CO4)CCOCC2)c1. The van der Waals surface area contributed by atoms with E-state index in [9.17, 15) is 9.59 Å². The third-order valence-electron chi connectivity index (χ3n) is 7.45. The average Bonchev–Trinajstić information content (AvgIpc) is 3.24. The van der Waals surface area contributed by atoms with Crippen molar-refractivity contribution in [2.24, 2.45) is 0 Å². The summed E-state index contributed by atoms with van der Waals surface area (Å²) >= 11 is 0. The minimum Gasteiger partial charge on any atom is -0.381 e. The van der Waals surface area contributed by atoms with Crippen molar-refractivity contribution in [2.45, 2.75) is 44.1 Å². The van der Waals surface area contributed by atoms with Crippen LogP contribution in [0.1, 0.15) is 36.0 Å². The molecular weight excluding hydrogens is 416 g/mol. The Morgan fingerprint density at radius 3 is 2.33 bits per heavy atom.